The van der Waals surface area contributed by atoms with Gasteiger partial charge in [-0.3, -0.25) is 18.7 Å². The Morgan fingerprint density at radius 3 is 2.66 bits per heavy atom. The van der Waals surface area contributed by atoms with Crippen molar-refractivity contribution < 1.29 is 9.53 Å². The fourth-order valence-electron chi connectivity index (χ4n) is 2.71. The van der Waals surface area contributed by atoms with Gasteiger partial charge in [0.15, 0.2) is 5.78 Å². The maximum absolute atomic E-state index is 12.7. The van der Waals surface area contributed by atoms with E-state index in [1.54, 1.807) is 6.07 Å². The van der Waals surface area contributed by atoms with E-state index in [9.17, 15) is 14.4 Å². The van der Waals surface area contributed by atoms with Crippen LogP contribution in [0.2, 0.25) is 0 Å². The zero-order valence-corrected chi connectivity index (χ0v) is 17.1. The van der Waals surface area contributed by atoms with Crippen molar-refractivity contribution in [1.29, 1.82) is 0 Å². The molecule has 0 atom stereocenters. The van der Waals surface area contributed by atoms with Gasteiger partial charge < -0.3 is 10.5 Å². The second-order valence-corrected chi connectivity index (χ2v) is 7.17. The molecule has 0 saturated carbocycles. The molecule has 152 valence electrons. The number of thioether (sulfide) groups is 1. The third-order valence-electron chi connectivity index (χ3n) is 4.32. The maximum atomic E-state index is 12.7. The van der Waals surface area contributed by atoms with Crippen molar-refractivity contribution in [2.75, 3.05) is 18.6 Å². The number of ether oxygens (including phenoxy) is 1. The molecule has 29 heavy (non-hydrogen) atoms. The van der Waals surface area contributed by atoms with Crippen LogP contribution in [0.25, 0.3) is 5.69 Å². The average Bonchev–Trinajstić information content (AvgIpc) is 3.17. The number of anilines is 1. The number of aryl methyl sites for hydroxylation is 1. The average molecular weight is 417 g/mol. The van der Waals surface area contributed by atoms with Gasteiger partial charge >= 0.3 is 5.69 Å². The number of nitrogen functional groups attached to an aromatic ring is 1. The Morgan fingerprint density at radius 1 is 1.24 bits per heavy atom. The number of nitrogens with zero attached hydrogens (tertiary/aromatic N) is 6. The fraction of sp³-hybridized carbons (Fsp3) is 0.294. The molecular weight excluding hydrogens is 398 g/mol. The predicted octanol–water partition coefficient (Wildman–Crippen LogP) is -0.0661. The maximum Gasteiger partial charge on any atom is 0.332 e. The Kier molecular flexibility index (Phi) is 5.55. The summed E-state index contributed by atoms with van der Waals surface area (Å²) in [5.41, 5.74) is 5.84. The Hall–Kier alpha value is -3.41. The van der Waals surface area contributed by atoms with Gasteiger partial charge in [0.1, 0.15) is 22.8 Å². The molecule has 2 heterocycles. The summed E-state index contributed by atoms with van der Waals surface area (Å²) in [5.74, 6) is -0.295. The summed E-state index contributed by atoms with van der Waals surface area (Å²) in [6.45, 7) is 1.92. The summed E-state index contributed by atoms with van der Waals surface area (Å²) >= 11 is 1.04. The molecule has 0 saturated heterocycles. The lowest BCUT2D eigenvalue weighted by molar-refractivity contribution is 0.102. The lowest BCUT2D eigenvalue weighted by Gasteiger charge is -2.11. The molecule has 0 bridgehead atoms. The zero-order valence-electron chi connectivity index (χ0n) is 16.2. The second-order valence-electron chi connectivity index (χ2n) is 6.23. The van der Waals surface area contributed by atoms with Crippen LogP contribution < -0.4 is 21.7 Å². The van der Waals surface area contributed by atoms with E-state index in [-0.39, 0.29) is 17.1 Å². The molecule has 0 aliphatic carbocycles. The van der Waals surface area contributed by atoms with Crippen molar-refractivity contribution in [2.24, 2.45) is 14.1 Å². The van der Waals surface area contributed by atoms with E-state index >= 15 is 0 Å². The molecule has 12 heteroatoms. The van der Waals surface area contributed by atoms with Gasteiger partial charge in [-0.15, -0.1) is 5.10 Å². The normalized spacial score (nSPS) is 10.9. The number of ketones is 1. The molecule has 0 fully saturated rings. The highest BCUT2D eigenvalue weighted by molar-refractivity contribution is 7.99. The van der Waals surface area contributed by atoms with Crippen molar-refractivity contribution in [1.82, 2.24) is 29.3 Å². The van der Waals surface area contributed by atoms with Crippen LogP contribution in [-0.2, 0) is 14.1 Å². The molecule has 0 unspecified atom stereocenters. The van der Waals surface area contributed by atoms with Crippen LogP contribution >= 0.6 is 11.8 Å². The van der Waals surface area contributed by atoms with Crippen molar-refractivity contribution in [3.8, 4) is 11.4 Å². The van der Waals surface area contributed by atoms with E-state index < -0.39 is 17.0 Å². The Labute approximate surface area is 169 Å². The summed E-state index contributed by atoms with van der Waals surface area (Å²) in [6, 6.07) is 5.53. The van der Waals surface area contributed by atoms with E-state index in [0.29, 0.717) is 16.6 Å². The highest BCUT2D eigenvalue weighted by Gasteiger charge is 2.22. The Balaban J connectivity index is 1.92. The first-order valence-corrected chi connectivity index (χ1v) is 9.39. The van der Waals surface area contributed by atoms with Crippen LogP contribution in [-0.4, -0.2) is 48.0 Å². The number of methoxy groups -OCH3 is 1. The van der Waals surface area contributed by atoms with Gasteiger partial charge in [0.05, 0.1) is 12.9 Å². The van der Waals surface area contributed by atoms with Crippen LogP contribution in [0.1, 0.15) is 15.9 Å². The Morgan fingerprint density at radius 2 is 1.97 bits per heavy atom. The quantitative estimate of drug-likeness (QED) is 0.431. The predicted molar refractivity (Wildman–Crippen MR) is 107 cm³/mol. The molecule has 2 N–H and O–H groups in total. The number of benzene rings is 1. The van der Waals surface area contributed by atoms with E-state index in [1.807, 2.05) is 19.1 Å². The molecule has 1 aromatic carbocycles. The monoisotopic (exact) mass is 417 g/mol. The van der Waals surface area contributed by atoms with Gasteiger partial charge in [-0.2, -0.15) is 4.68 Å². The van der Waals surface area contributed by atoms with Crippen LogP contribution in [0.15, 0.2) is 32.9 Å². The van der Waals surface area contributed by atoms with Gasteiger partial charge in [0.2, 0.25) is 5.16 Å². The number of carbonyl (C=O) groups is 1. The molecular formula is C17H19N7O4S. The van der Waals surface area contributed by atoms with Gasteiger partial charge in [0, 0.05) is 14.1 Å². The first-order valence-electron chi connectivity index (χ1n) is 8.41. The van der Waals surface area contributed by atoms with Crippen LogP contribution in [0.5, 0.6) is 5.75 Å². The molecule has 0 amide bonds. The summed E-state index contributed by atoms with van der Waals surface area (Å²) in [6.07, 6.45) is 0. The smallest absolute Gasteiger partial charge is 0.332 e. The highest BCUT2D eigenvalue weighted by atomic mass is 32.2. The number of nitrogens with two attached hydrogens (primary N) is 1. The lowest BCUT2D eigenvalue weighted by Crippen LogP contribution is -2.41. The number of carbonyl (C=O) groups excluding carboxylic acids is 1. The fourth-order valence-corrected chi connectivity index (χ4v) is 3.47. The minimum Gasteiger partial charge on any atom is -0.494 e. The summed E-state index contributed by atoms with van der Waals surface area (Å²) in [7, 11) is 4.22. The van der Waals surface area contributed by atoms with Gasteiger partial charge in [-0.05, 0) is 35.0 Å². The zero-order chi connectivity index (χ0) is 21.3. The molecule has 0 spiro atoms. The van der Waals surface area contributed by atoms with Crippen LogP contribution in [0, 0.1) is 6.92 Å². The van der Waals surface area contributed by atoms with Gasteiger partial charge in [-0.25, -0.2) is 4.79 Å². The first kappa shape index (κ1) is 20.3. The number of hydrogen-bond donors (Lipinski definition) is 1. The summed E-state index contributed by atoms with van der Waals surface area (Å²) < 4.78 is 8.71. The third-order valence-corrected chi connectivity index (χ3v) is 5.24. The van der Waals surface area contributed by atoms with Crippen molar-refractivity contribution in [3.05, 3.63) is 50.2 Å². The number of tetrazole rings is 1. The number of rotatable bonds is 6. The van der Waals surface area contributed by atoms with Crippen molar-refractivity contribution >= 4 is 23.4 Å². The van der Waals surface area contributed by atoms with Crippen molar-refractivity contribution in [2.45, 2.75) is 12.1 Å². The van der Waals surface area contributed by atoms with E-state index in [2.05, 4.69) is 15.5 Å². The van der Waals surface area contributed by atoms with E-state index in [1.165, 1.54) is 25.9 Å². The third kappa shape index (κ3) is 3.66. The minimum absolute atomic E-state index is 0.147. The topological polar surface area (TPSA) is 140 Å². The minimum atomic E-state index is -0.740. The number of Topliss-reactive ketones (excluding diaryl/α,β-unsaturated/α-hetero) is 1. The number of hydrogen-bond acceptors (Lipinski definition) is 9. The summed E-state index contributed by atoms with van der Waals surface area (Å²) in [5, 5.41) is 11.9. The number of aromatic nitrogens is 6. The summed E-state index contributed by atoms with van der Waals surface area (Å²) in [4.78, 5) is 36.9. The van der Waals surface area contributed by atoms with Crippen LogP contribution in [0.3, 0.4) is 0 Å². The van der Waals surface area contributed by atoms with E-state index in [0.717, 1.165) is 26.5 Å². The van der Waals surface area contributed by atoms with Crippen LogP contribution in [0.4, 0.5) is 5.82 Å². The molecule has 3 aromatic rings. The molecule has 0 aliphatic heterocycles. The SMILES string of the molecule is COc1ccc(C)cc1-n1nnnc1SCC(=O)c1c(N)n(C)c(=O)n(C)c1=O. The molecule has 2 aromatic heterocycles. The molecule has 0 radical (unpaired) electrons. The van der Waals surface area contributed by atoms with Gasteiger partial charge in [-0.1, -0.05) is 17.8 Å². The largest absolute Gasteiger partial charge is 0.494 e. The molecule has 3 rings (SSSR count). The van der Waals surface area contributed by atoms with Crippen molar-refractivity contribution in [3.63, 3.8) is 0 Å². The standard InChI is InChI=1S/C17H19N7O4S/c1-9-5-6-12(28-4)10(7-9)24-16(19-20-21-24)29-8-11(25)13-14(18)22(2)17(27)23(3)15(13)26/h5-7H,8,18H2,1-4H3. The molecule has 11 nitrogen and oxygen atoms in total. The van der Waals surface area contributed by atoms with E-state index in [4.69, 9.17) is 10.5 Å². The lowest BCUT2D eigenvalue weighted by atomic mass is 10.2. The second kappa shape index (κ2) is 7.91. The molecule has 0 aliphatic rings. The highest BCUT2D eigenvalue weighted by Crippen LogP contribution is 2.27. The van der Waals surface area contributed by atoms with Gasteiger partial charge in [0.25, 0.3) is 5.56 Å². The Bertz CT molecular complexity index is 1210. The first-order chi connectivity index (χ1) is 13.8.